The minimum atomic E-state index is 0.0637. The highest BCUT2D eigenvalue weighted by atomic mass is 16.5. The summed E-state index contributed by atoms with van der Waals surface area (Å²) in [6.07, 6.45) is 1.06. The molecule has 0 unspecified atom stereocenters. The molecule has 3 rings (SSSR count). The van der Waals surface area contributed by atoms with Crippen LogP contribution in [0.5, 0.6) is 0 Å². The van der Waals surface area contributed by atoms with Crippen LogP contribution in [0.15, 0.2) is 30.3 Å². The first kappa shape index (κ1) is 15.7. The number of carbonyl (C=O) groups is 1. The van der Waals surface area contributed by atoms with Crippen molar-refractivity contribution in [3.63, 3.8) is 0 Å². The molecule has 1 aliphatic rings. The largest absolute Gasteiger partial charge is 0.375 e. The molecule has 6 heteroatoms. The van der Waals surface area contributed by atoms with Crippen molar-refractivity contribution < 1.29 is 9.53 Å². The van der Waals surface area contributed by atoms with Crippen LogP contribution in [0.2, 0.25) is 0 Å². The van der Waals surface area contributed by atoms with E-state index in [-0.39, 0.29) is 18.6 Å². The summed E-state index contributed by atoms with van der Waals surface area (Å²) >= 11 is 0. The SMILES string of the molecule is CC[C@H]1CN(C(=O)Cn2nc(C)nc2-c2ccccc2)CCO1. The quantitative estimate of drug-likeness (QED) is 0.865. The van der Waals surface area contributed by atoms with Crippen LogP contribution in [-0.2, 0) is 16.1 Å². The lowest BCUT2D eigenvalue weighted by Gasteiger charge is -2.32. The van der Waals surface area contributed by atoms with Crippen LogP contribution >= 0.6 is 0 Å². The molecule has 23 heavy (non-hydrogen) atoms. The number of aromatic nitrogens is 3. The van der Waals surface area contributed by atoms with Gasteiger partial charge in [-0.25, -0.2) is 9.67 Å². The monoisotopic (exact) mass is 314 g/mol. The fraction of sp³-hybridized carbons (Fsp3) is 0.471. The van der Waals surface area contributed by atoms with Gasteiger partial charge in [-0.05, 0) is 13.3 Å². The number of hydrogen-bond donors (Lipinski definition) is 0. The molecule has 1 aromatic carbocycles. The molecule has 122 valence electrons. The Kier molecular flexibility index (Phi) is 4.71. The zero-order chi connectivity index (χ0) is 16.2. The number of benzene rings is 1. The highest BCUT2D eigenvalue weighted by Gasteiger charge is 2.24. The molecule has 1 saturated heterocycles. The Morgan fingerprint density at radius 3 is 2.87 bits per heavy atom. The average Bonchev–Trinajstić information content (AvgIpc) is 2.96. The second-order valence-electron chi connectivity index (χ2n) is 5.75. The van der Waals surface area contributed by atoms with E-state index < -0.39 is 0 Å². The van der Waals surface area contributed by atoms with Gasteiger partial charge in [0.1, 0.15) is 12.4 Å². The van der Waals surface area contributed by atoms with Crippen molar-refractivity contribution in [2.75, 3.05) is 19.7 Å². The molecule has 1 fully saturated rings. The minimum Gasteiger partial charge on any atom is -0.375 e. The minimum absolute atomic E-state index is 0.0637. The Labute approximate surface area is 136 Å². The number of amides is 1. The van der Waals surface area contributed by atoms with E-state index in [9.17, 15) is 4.79 Å². The van der Waals surface area contributed by atoms with E-state index in [1.165, 1.54) is 0 Å². The number of carbonyl (C=O) groups excluding carboxylic acids is 1. The lowest BCUT2D eigenvalue weighted by Crippen LogP contribution is -2.46. The number of morpholine rings is 1. The van der Waals surface area contributed by atoms with E-state index in [1.807, 2.05) is 42.2 Å². The van der Waals surface area contributed by atoms with Gasteiger partial charge in [0.25, 0.3) is 0 Å². The molecule has 0 aliphatic carbocycles. The van der Waals surface area contributed by atoms with Crippen LogP contribution in [0.4, 0.5) is 0 Å². The summed E-state index contributed by atoms with van der Waals surface area (Å²) in [5.74, 6) is 1.47. The van der Waals surface area contributed by atoms with Gasteiger partial charge in [-0.1, -0.05) is 37.3 Å². The first-order valence-electron chi connectivity index (χ1n) is 8.03. The van der Waals surface area contributed by atoms with E-state index in [0.717, 1.165) is 17.8 Å². The second kappa shape index (κ2) is 6.91. The van der Waals surface area contributed by atoms with Gasteiger partial charge in [-0.2, -0.15) is 5.10 Å². The predicted molar refractivity (Wildman–Crippen MR) is 86.8 cm³/mol. The molecule has 0 radical (unpaired) electrons. The summed E-state index contributed by atoms with van der Waals surface area (Å²) in [5, 5.41) is 4.39. The van der Waals surface area contributed by atoms with Crippen molar-refractivity contribution in [1.29, 1.82) is 0 Å². The lowest BCUT2D eigenvalue weighted by atomic mass is 10.2. The molecule has 6 nitrogen and oxygen atoms in total. The van der Waals surface area contributed by atoms with Crippen molar-refractivity contribution in [3.8, 4) is 11.4 Å². The van der Waals surface area contributed by atoms with Crippen molar-refractivity contribution in [2.24, 2.45) is 0 Å². The van der Waals surface area contributed by atoms with Gasteiger partial charge in [0.2, 0.25) is 5.91 Å². The molecular weight excluding hydrogens is 292 g/mol. The summed E-state index contributed by atoms with van der Waals surface area (Å²) in [5.41, 5.74) is 0.967. The van der Waals surface area contributed by atoms with E-state index in [2.05, 4.69) is 17.0 Å². The van der Waals surface area contributed by atoms with Crippen molar-refractivity contribution >= 4 is 5.91 Å². The van der Waals surface area contributed by atoms with Crippen LogP contribution in [0.25, 0.3) is 11.4 Å². The maximum Gasteiger partial charge on any atom is 0.244 e. The molecule has 1 aromatic heterocycles. The van der Waals surface area contributed by atoms with Crippen LogP contribution in [-0.4, -0.2) is 51.4 Å². The highest BCUT2D eigenvalue weighted by molar-refractivity contribution is 5.76. The summed E-state index contributed by atoms with van der Waals surface area (Å²) in [6, 6.07) is 9.83. The Morgan fingerprint density at radius 1 is 1.35 bits per heavy atom. The van der Waals surface area contributed by atoms with Gasteiger partial charge in [0.15, 0.2) is 5.82 Å². The molecular formula is C17H22N4O2. The van der Waals surface area contributed by atoms with E-state index >= 15 is 0 Å². The second-order valence-corrected chi connectivity index (χ2v) is 5.75. The first-order valence-corrected chi connectivity index (χ1v) is 8.03. The van der Waals surface area contributed by atoms with Gasteiger partial charge >= 0.3 is 0 Å². The third kappa shape index (κ3) is 3.59. The zero-order valence-corrected chi connectivity index (χ0v) is 13.6. The molecule has 1 aliphatic heterocycles. The number of nitrogens with zero attached hydrogens (tertiary/aromatic N) is 4. The Morgan fingerprint density at radius 2 is 2.13 bits per heavy atom. The predicted octanol–water partition coefficient (Wildman–Crippen LogP) is 1.89. The number of hydrogen-bond acceptors (Lipinski definition) is 4. The Bertz CT molecular complexity index is 668. The third-order valence-electron chi connectivity index (χ3n) is 4.04. The molecule has 0 N–H and O–H groups in total. The fourth-order valence-electron chi connectivity index (χ4n) is 2.79. The molecule has 1 atom stereocenters. The Hall–Kier alpha value is -2.21. The fourth-order valence-corrected chi connectivity index (χ4v) is 2.79. The number of rotatable bonds is 4. The zero-order valence-electron chi connectivity index (χ0n) is 13.6. The lowest BCUT2D eigenvalue weighted by molar-refractivity contribution is -0.139. The number of aryl methyl sites for hydroxylation is 1. The van der Waals surface area contributed by atoms with Gasteiger partial charge in [0, 0.05) is 18.7 Å². The Balaban J connectivity index is 1.76. The summed E-state index contributed by atoms with van der Waals surface area (Å²) in [6.45, 7) is 6.03. The van der Waals surface area contributed by atoms with Crippen molar-refractivity contribution in [3.05, 3.63) is 36.2 Å². The molecule has 2 aromatic rings. The summed E-state index contributed by atoms with van der Waals surface area (Å²) in [7, 11) is 0. The van der Waals surface area contributed by atoms with Crippen LogP contribution in [0, 0.1) is 6.92 Å². The number of ether oxygens (including phenoxy) is 1. The van der Waals surface area contributed by atoms with Gasteiger partial charge < -0.3 is 9.64 Å². The molecule has 0 spiro atoms. The van der Waals surface area contributed by atoms with Gasteiger partial charge in [-0.15, -0.1) is 0 Å². The van der Waals surface area contributed by atoms with Crippen molar-refractivity contribution in [2.45, 2.75) is 32.9 Å². The summed E-state index contributed by atoms with van der Waals surface area (Å²) in [4.78, 5) is 18.9. The molecule has 0 saturated carbocycles. The average molecular weight is 314 g/mol. The third-order valence-corrected chi connectivity index (χ3v) is 4.04. The first-order chi connectivity index (χ1) is 11.2. The van der Waals surface area contributed by atoms with E-state index in [4.69, 9.17) is 4.74 Å². The van der Waals surface area contributed by atoms with E-state index in [1.54, 1.807) is 4.68 Å². The van der Waals surface area contributed by atoms with Gasteiger partial charge in [-0.3, -0.25) is 4.79 Å². The van der Waals surface area contributed by atoms with Crippen LogP contribution in [0.3, 0.4) is 0 Å². The standard InChI is InChI=1S/C17H22N4O2/c1-3-15-11-20(9-10-23-15)16(22)12-21-17(18-13(2)19-21)14-7-5-4-6-8-14/h4-8,15H,3,9-12H2,1-2H3/t15-/m0/s1. The maximum absolute atomic E-state index is 12.6. The topological polar surface area (TPSA) is 60.2 Å². The molecule has 0 bridgehead atoms. The highest BCUT2D eigenvalue weighted by Crippen LogP contribution is 2.17. The smallest absolute Gasteiger partial charge is 0.244 e. The normalized spacial score (nSPS) is 18.2. The summed E-state index contributed by atoms with van der Waals surface area (Å²) < 4.78 is 7.32. The van der Waals surface area contributed by atoms with Crippen molar-refractivity contribution in [1.82, 2.24) is 19.7 Å². The van der Waals surface area contributed by atoms with Crippen LogP contribution < -0.4 is 0 Å². The molecule has 2 heterocycles. The molecule has 1 amide bonds. The van der Waals surface area contributed by atoms with E-state index in [0.29, 0.717) is 25.5 Å². The van der Waals surface area contributed by atoms with Crippen LogP contribution in [0.1, 0.15) is 19.2 Å². The maximum atomic E-state index is 12.6. The van der Waals surface area contributed by atoms with Gasteiger partial charge in [0.05, 0.1) is 12.7 Å².